The molecule has 2 amide bonds. The molecule has 0 saturated heterocycles. The van der Waals surface area contributed by atoms with E-state index in [4.69, 9.17) is 0 Å². The molecule has 11 nitrogen and oxygen atoms in total. The van der Waals surface area contributed by atoms with Crippen molar-refractivity contribution in [1.29, 1.82) is 0 Å². The number of carbonyl (C=O) groups is 2. The Labute approximate surface area is 214 Å². The van der Waals surface area contributed by atoms with Crippen LogP contribution in [0, 0.1) is 0 Å². The number of rotatable bonds is 6. The van der Waals surface area contributed by atoms with Crippen molar-refractivity contribution in [2.24, 2.45) is 0 Å². The van der Waals surface area contributed by atoms with Gasteiger partial charge in [-0.25, -0.2) is 14.1 Å². The minimum absolute atomic E-state index is 0.0227. The van der Waals surface area contributed by atoms with E-state index < -0.39 is 26.2 Å². The summed E-state index contributed by atoms with van der Waals surface area (Å²) in [5, 5.41) is 9.65. The number of sulfonamides is 1. The Bertz CT molecular complexity index is 1810. The molecule has 0 aliphatic rings. The van der Waals surface area contributed by atoms with Gasteiger partial charge in [0.05, 0.1) is 22.3 Å². The molecule has 0 saturated carbocycles. The van der Waals surface area contributed by atoms with E-state index in [0.717, 1.165) is 5.69 Å². The average molecular weight is 535 g/mol. The molecule has 2 N–H and O–H groups in total. The van der Waals surface area contributed by atoms with Crippen LogP contribution in [0.5, 0.6) is 0 Å². The summed E-state index contributed by atoms with van der Waals surface area (Å²) in [6.45, 7) is 1.24. The largest absolute Gasteiger partial charge is 0.301 e. The summed E-state index contributed by atoms with van der Waals surface area (Å²) in [5.74, 6) is -1.39. The first kappa shape index (κ1) is 24.1. The van der Waals surface area contributed by atoms with Crippen molar-refractivity contribution >= 4 is 49.2 Å². The van der Waals surface area contributed by atoms with Gasteiger partial charge in [-0.1, -0.05) is 47.7 Å². The first-order chi connectivity index (χ1) is 17.7. The number of nitrogens with zero attached hydrogens (tertiary/aromatic N) is 4. The van der Waals surface area contributed by atoms with Crippen molar-refractivity contribution in [3.05, 3.63) is 94.8 Å². The van der Waals surface area contributed by atoms with Crippen molar-refractivity contribution in [2.75, 3.05) is 5.32 Å². The third-order valence-corrected chi connectivity index (χ3v) is 7.79. The molecule has 37 heavy (non-hydrogen) atoms. The summed E-state index contributed by atoms with van der Waals surface area (Å²) >= 11 is 0.597. The van der Waals surface area contributed by atoms with Crippen LogP contribution in [0.1, 0.15) is 17.3 Å². The smallest absolute Gasteiger partial charge is 0.293 e. The number of carbonyl (C=O) groups excluding carboxylic acids is 2. The maximum atomic E-state index is 13.5. The molecule has 2 heterocycles. The summed E-state index contributed by atoms with van der Waals surface area (Å²) in [6.07, 6.45) is 0. The Morgan fingerprint density at radius 1 is 0.865 bits per heavy atom. The molecule has 0 fully saturated rings. The predicted octanol–water partition coefficient (Wildman–Crippen LogP) is 2.71. The Balaban J connectivity index is 1.56. The van der Waals surface area contributed by atoms with Crippen molar-refractivity contribution in [1.82, 2.24) is 24.3 Å². The van der Waals surface area contributed by atoms with E-state index >= 15 is 0 Å². The number of para-hydroxylation sites is 2. The highest BCUT2D eigenvalue weighted by molar-refractivity contribution is 7.92. The summed E-state index contributed by atoms with van der Waals surface area (Å²) in [5.41, 5.74) is 1.46. The second-order valence-corrected chi connectivity index (χ2v) is 10.7. The van der Waals surface area contributed by atoms with Crippen LogP contribution < -0.4 is 15.6 Å². The maximum Gasteiger partial charge on any atom is 0.293 e. The summed E-state index contributed by atoms with van der Waals surface area (Å²) < 4.78 is 30.0. The lowest BCUT2D eigenvalue weighted by molar-refractivity contribution is -0.114. The molecule has 5 aromatic rings. The molecule has 186 valence electrons. The Morgan fingerprint density at radius 3 is 2.11 bits per heavy atom. The number of fused-ring (bicyclic) bond motifs is 1. The van der Waals surface area contributed by atoms with Crippen LogP contribution in [0.25, 0.3) is 22.3 Å². The molecule has 0 radical (unpaired) electrons. The van der Waals surface area contributed by atoms with Gasteiger partial charge in [-0.15, -0.1) is 10.2 Å². The van der Waals surface area contributed by atoms with Crippen molar-refractivity contribution in [3.8, 4) is 11.4 Å². The highest BCUT2D eigenvalue weighted by Gasteiger charge is 2.25. The standard InChI is InChI=1S/C24H18N6O5S2/c1-15(31)25-23-26-27-24(36-23)37(34,35)28-21(32)16-12-13-20-19(14-16)22(33)30(18-10-6-3-7-11-18)29(20)17-8-4-2-5-9-17/h2-14H,1H3,(H,28,32)(H,25,26,31). The van der Waals surface area contributed by atoms with Crippen molar-refractivity contribution in [2.45, 2.75) is 11.3 Å². The van der Waals surface area contributed by atoms with Crippen LogP contribution in [0.3, 0.4) is 0 Å². The first-order valence-corrected chi connectivity index (χ1v) is 13.1. The Morgan fingerprint density at radius 2 is 1.49 bits per heavy atom. The molecule has 0 aliphatic carbocycles. The number of hydrogen-bond donors (Lipinski definition) is 2. The number of benzene rings is 3. The molecule has 13 heteroatoms. The van der Waals surface area contributed by atoms with Gasteiger partial charge in [0.1, 0.15) is 0 Å². The third kappa shape index (κ3) is 4.64. The number of amides is 2. The highest BCUT2D eigenvalue weighted by atomic mass is 32.2. The van der Waals surface area contributed by atoms with Crippen molar-refractivity contribution in [3.63, 3.8) is 0 Å². The lowest BCUT2D eigenvalue weighted by Gasteiger charge is -2.13. The molecular formula is C24H18N6O5S2. The molecular weight excluding hydrogens is 516 g/mol. The zero-order valence-electron chi connectivity index (χ0n) is 19.2. The Kier molecular flexibility index (Phi) is 6.15. The van der Waals surface area contributed by atoms with Crippen LogP contribution in [-0.4, -0.2) is 39.8 Å². The van der Waals surface area contributed by atoms with Gasteiger partial charge in [0, 0.05) is 12.5 Å². The third-order valence-electron chi connectivity index (χ3n) is 5.26. The fourth-order valence-corrected chi connectivity index (χ4v) is 5.64. The number of hydrogen-bond acceptors (Lipinski definition) is 8. The highest BCUT2D eigenvalue weighted by Crippen LogP contribution is 2.23. The number of anilines is 1. The quantitative estimate of drug-likeness (QED) is 0.319. The molecule has 0 unspecified atom stereocenters. The zero-order valence-corrected chi connectivity index (χ0v) is 20.8. The summed E-state index contributed by atoms with van der Waals surface area (Å²) in [4.78, 5) is 37.6. The van der Waals surface area contributed by atoms with E-state index in [1.54, 1.807) is 22.9 Å². The van der Waals surface area contributed by atoms with Crippen LogP contribution in [-0.2, 0) is 14.8 Å². The normalized spacial score (nSPS) is 11.4. The average Bonchev–Trinajstić information content (AvgIpc) is 3.47. The Hall–Kier alpha value is -4.62. The molecule has 2 aromatic heterocycles. The van der Waals surface area contributed by atoms with Gasteiger partial charge >= 0.3 is 0 Å². The topological polar surface area (TPSA) is 145 Å². The van der Waals surface area contributed by atoms with Gasteiger partial charge in [0.2, 0.25) is 11.0 Å². The fourth-order valence-electron chi connectivity index (χ4n) is 3.72. The lowest BCUT2D eigenvalue weighted by Crippen LogP contribution is -2.30. The van der Waals surface area contributed by atoms with Gasteiger partial charge < -0.3 is 5.32 Å². The molecule has 0 atom stereocenters. The minimum Gasteiger partial charge on any atom is -0.301 e. The van der Waals surface area contributed by atoms with Crippen LogP contribution in [0.2, 0.25) is 0 Å². The molecule has 0 bridgehead atoms. The lowest BCUT2D eigenvalue weighted by atomic mass is 10.1. The van der Waals surface area contributed by atoms with E-state index in [1.165, 1.54) is 23.7 Å². The first-order valence-electron chi connectivity index (χ1n) is 10.8. The van der Waals surface area contributed by atoms with Gasteiger partial charge in [-0.3, -0.25) is 14.4 Å². The van der Waals surface area contributed by atoms with E-state index in [1.807, 2.05) is 53.3 Å². The number of nitrogens with one attached hydrogen (secondary N) is 2. The minimum atomic E-state index is -4.37. The molecule has 0 aliphatic heterocycles. The van der Waals surface area contributed by atoms with E-state index in [2.05, 4.69) is 15.5 Å². The SMILES string of the molecule is CC(=O)Nc1nnc(S(=O)(=O)NC(=O)c2ccc3c(c2)c(=O)n(-c2ccccc2)n3-c2ccccc2)s1. The van der Waals surface area contributed by atoms with Gasteiger partial charge in [-0.2, -0.15) is 8.42 Å². The van der Waals surface area contributed by atoms with Crippen molar-refractivity contribution < 1.29 is 18.0 Å². The summed E-state index contributed by atoms with van der Waals surface area (Å²) in [7, 11) is -4.37. The molecule has 5 rings (SSSR count). The van der Waals surface area contributed by atoms with Gasteiger partial charge in [0.25, 0.3) is 25.8 Å². The van der Waals surface area contributed by atoms with E-state index in [-0.39, 0.29) is 21.6 Å². The predicted molar refractivity (Wildman–Crippen MR) is 138 cm³/mol. The van der Waals surface area contributed by atoms with E-state index in [0.29, 0.717) is 22.5 Å². The second-order valence-electron chi connectivity index (χ2n) is 7.82. The van der Waals surface area contributed by atoms with Gasteiger partial charge in [0.15, 0.2) is 0 Å². The van der Waals surface area contributed by atoms with E-state index in [9.17, 15) is 22.8 Å². The van der Waals surface area contributed by atoms with Crippen LogP contribution in [0.15, 0.2) is 88.0 Å². The monoisotopic (exact) mass is 534 g/mol. The molecule has 0 spiro atoms. The summed E-state index contributed by atoms with van der Waals surface area (Å²) in [6, 6.07) is 22.7. The zero-order chi connectivity index (χ0) is 26.2. The van der Waals surface area contributed by atoms with Crippen LogP contribution >= 0.6 is 11.3 Å². The number of aromatic nitrogens is 4. The van der Waals surface area contributed by atoms with Gasteiger partial charge in [-0.05, 0) is 42.5 Å². The second kappa shape index (κ2) is 9.44. The van der Waals surface area contributed by atoms with Crippen LogP contribution in [0.4, 0.5) is 5.13 Å². The molecule has 3 aromatic carbocycles. The maximum absolute atomic E-state index is 13.5. The fraction of sp³-hybridized carbons (Fsp3) is 0.0417.